The van der Waals surface area contributed by atoms with Gasteiger partial charge in [-0.1, -0.05) is 19.8 Å². The number of hydrogen-bond donors (Lipinski definition) is 1. The van der Waals surface area contributed by atoms with E-state index in [9.17, 15) is 9.59 Å². The molecular formula is C17H25N3O2. The van der Waals surface area contributed by atoms with Crippen LogP contribution in [-0.2, 0) is 9.59 Å². The van der Waals surface area contributed by atoms with Crippen molar-refractivity contribution < 1.29 is 9.59 Å². The van der Waals surface area contributed by atoms with Crippen LogP contribution < -0.4 is 10.2 Å². The number of nitrogens with zero attached hydrogens (tertiary/aromatic N) is 2. The minimum absolute atomic E-state index is 0.0662. The van der Waals surface area contributed by atoms with Crippen LogP contribution in [0, 0.1) is 0 Å². The number of carbonyl (C=O) groups excluding carboxylic acids is 2. The Kier molecular flexibility index (Phi) is 5.41. The Morgan fingerprint density at radius 1 is 1.18 bits per heavy atom. The summed E-state index contributed by atoms with van der Waals surface area (Å²) in [7, 11) is 3.96. The van der Waals surface area contributed by atoms with E-state index in [0.29, 0.717) is 6.54 Å². The van der Waals surface area contributed by atoms with Crippen molar-refractivity contribution >= 4 is 23.2 Å². The molecule has 120 valence electrons. The lowest BCUT2D eigenvalue weighted by Crippen LogP contribution is -2.35. The van der Waals surface area contributed by atoms with E-state index in [1.165, 1.54) is 4.90 Å². The van der Waals surface area contributed by atoms with Crippen LogP contribution in [-0.4, -0.2) is 43.4 Å². The number of likely N-dealkylation sites (tertiary alicyclic amines) is 1. The Hall–Kier alpha value is -2.04. The van der Waals surface area contributed by atoms with Crippen LogP contribution in [0.15, 0.2) is 24.3 Å². The normalized spacial score (nSPS) is 18.0. The topological polar surface area (TPSA) is 52.7 Å². The molecule has 1 aromatic rings. The van der Waals surface area contributed by atoms with Crippen molar-refractivity contribution in [2.45, 2.75) is 38.6 Å². The van der Waals surface area contributed by atoms with Gasteiger partial charge in [-0.05, 0) is 30.7 Å². The maximum atomic E-state index is 12.3. The van der Waals surface area contributed by atoms with E-state index in [4.69, 9.17) is 0 Å². The van der Waals surface area contributed by atoms with E-state index in [-0.39, 0.29) is 18.2 Å². The van der Waals surface area contributed by atoms with Crippen molar-refractivity contribution in [1.82, 2.24) is 4.90 Å². The smallest absolute Gasteiger partial charge is 0.252 e. The second-order valence-electron chi connectivity index (χ2n) is 5.93. The molecule has 0 spiro atoms. The molecule has 1 N–H and O–H groups in total. The number of amides is 2. The zero-order valence-electron chi connectivity index (χ0n) is 13.6. The fourth-order valence-corrected chi connectivity index (χ4v) is 2.61. The number of carbonyl (C=O) groups is 2. The highest BCUT2D eigenvalue weighted by atomic mass is 16.2. The van der Waals surface area contributed by atoms with Crippen LogP contribution in [0.4, 0.5) is 11.4 Å². The standard InChI is InChI=1S/C17H25N3O2/c1-4-5-6-11-20-16(21)12-15(17(20)22)18-13-7-9-14(10-8-13)19(2)3/h7-10,15,18H,4-6,11-12H2,1-3H3. The predicted octanol–water partition coefficient (Wildman–Crippen LogP) is 2.48. The summed E-state index contributed by atoms with van der Waals surface area (Å²) < 4.78 is 0. The third kappa shape index (κ3) is 3.78. The minimum atomic E-state index is -0.431. The number of unbranched alkanes of at least 4 members (excludes halogenated alkanes) is 2. The SMILES string of the molecule is CCCCCN1C(=O)CC(Nc2ccc(N(C)C)cc2)C1=O. The lowest BCUT2D eigenvalue weighted by atomic mass is 10.2. The van der Waals surface area contributed by atoms with E-state index in [2.05, 4.69) is 12.2 Å². The van der Waals surface area contributed by atoms with Gasteiger partial charge >= 0.3 is 0 Å². The van der Waals surface area contributed by atoms with Gasteiger partial charge in [0.25, 0.3) is 5.91 Å². The maximum absolute atomic E-state index is 12.3. The Balaban J connectivity index is 1.95. The lowest BCUT2D eigenvalue weighted by Gasteiger charge is -2.17. The first kappa shape index (κ1) is 16.3. The number of rotatable bonds is 7. The van der Waals surface area contributed by atoms with Crippen molar-refractivity contribution in [1.29, 1.82) is 0 Å². The molecule has 0 bridgehead atoms. The second-order valence-corrected chi connectivity index (χ2v) is 5.93. The lowest BCUT2D eigenvalue weighted by molar-refractivity contribution is -0.138. The van der Waals surface area contributed by atoms with Gasteiger partial charge in [-0.15, -0.1) is 0 Å². The molecule has 1 aliphatic heterocycles. The molecule has 0 aliphatic carbocycles. The molecule has 5 nitrogen and oxygen atoms in total. The van der Waals surface area contributed by atoms with Crippen molar-refractivity contribution in [2.75, 3.05) is 30.9 Å². The van der Waals surface area contributed by atoms with Crippen molar-refractivity contribution in [2.24, 2.45) is 0 Å². The number of benzene rings is 1. The molecule has 1 aliphatic rings. The highest BCUT2D eigenvalue weighted by Crippen LogP contribution is 2.21. The van der Waals surface area contributed by atoms with E-state index in [1.807, 2.05) is 43.3 Å². The molecule has 2 amide bonds. The summed E-state index contributed by atoms with van der Waals surface area (Å²) >= 11 is 0. The molecule has 1 aromatic carbocycles. The van der Waals surface area contributed by atoms with Crippen molar-refractivity contribution in [3.63, 3.8) is 0 Å². The molecule has 0 radical (unpaired) electrons. The highest BCUT2D eigenvalue weighted by Gasteiger charge is 2.37. The molecule has 1 unspecified atom stereocenters. The summed E-state index contributed by atoms with van der Waals surface area (Å²) in [4.78, 5) is 27.7. The summed E-state index contributed by atoms with van der Waals surface area (Å²) in [6, 6.07) is 7.42. The summed E-state index contributed by atoms with van der Waals surface area (Å²) in [5.41, 5.74) is 1.97. The van der Waals surface area contributed by atoms with Gasteiger partial charge < -0.3 is 10.2 Å². The fourth-order valence-electron chi connectivity index (χ4n) is 2.61. The fraction of sp³-hybridized carbons (Fsp3) is 0.529. The summed E-state index contributed by atoms with van der Waals surface area (Å²) in [6.45, 7) is 2.65. The maximum Gasteiger partial charge on any atom is 0.252 e. The average Bonchev–Trinajstić information content (AvgIpc) is 2.75. The van der Waals surface area contributed by atoms with Crippen LogP contribution in [0.25, 0.3) is 0 Å². The van der Waals surface area contributed by atoms with E-state index < -0.39 is 6.04 Å². The molecule has 0 saturated carbocycles. The number of imide groups is 1. The Bertz CT molecular complexity index is 525. The van der Waals surface area contributed by atoms with Crippen LogP contribution in [0.2, 0.25) is 0 Å². The molecule has 1 atom stereocenters. The van der Waals surface area contributed by atoms with Crippen LogP contribution >= 0.6 is 0 Å². The van der Waals surface area contributed by atoms with E-state index in [0.717, 1.165) is 30.6 Å². The van der Waals surface area contributed by atoms with Crippen LogP contribution in [0.1, 0.15) is 32.6 Å². The second kappa shape index (κ2) is 7.29. The zero-order chi connectivity index (χ0) is 16.1. The Morgan fingerprint density at radius 2 is 1.86 bits per heavy atom. The molecular weight excluding hydrogens is 278 g/mol. The van der Waals surface area contributed by atoms with Gasteiger partial charge in [-0.25, -0.2) is 0 Å². The van der Waals surface area contributed by atoms with Gasteiger partial charge in [0.15, 0.2) is 0 Å². The first-order chi connectivity index (χ1) is 10.5. The van der Waals surface area contributed by atoms with E-state index in [1.54, 1.807) is 0 Å². The van der Waals surface area contributed by atoms with Gasteiger partial charge in [-0.2, -0.15) is 0 Å². The Labute approximate surface area is 132 Å². The molecule has 1 heterocycles. The summed E-state index contributed by atoms with van der Waals surface area (Å²) in [5, 5.41) is 3.18. The third-order valence-corrected chi connectivity index (χ3v) is 3.95. The monoisotopic (exact) mass is 303 g/mol. The van der Waals surface area contributed by atoms with Gasteiger partial charge in [0.2, 0.25) is 5.91 Å². The minimum Gasteiger partial charge on any atom is -0.378 e. The van der Waals surface area contributed by atoms with Gasteiger partial charge in [0.1, 0.15) is 6.04 Å². The first-order valence-corrected chi connectivity index (χ1v) is 7.91. The largest absolute Gasteiger partial charge is 0.378 e. The Morgan fingerprint density at radius 3 is 2.45 bits per heavy atom. The first-order valence-electron chi connectivity index (χ1n) is 7.91. The number of anilines is 2. The molecule has 1 saturated heterocycles. The van der Waals surface area contributed by atoms with E-state index >= 15 is 0 Å². The quantitative estimate of drug-likeness (QED) is 0.621. The van der Waals surface area contributed by atoms with Crippen LogP contribution in [0.5, 0.6) is 0 Å². The zero-order valence-corrected chi connectivity index (χ0v) is 13.6. The average molecular weight is 303 g/mol. The predicted molar refractivity (Wildman–Crippen MR) is 89.0 cm³/mol. The van der Waals surface area contributed by atoms with Gasteiger partial charge in [0.05, 0.1) is 6.42 Å². The van der Waals surface area contributed by atoms with Gasteiger partial charge in [0, 0.05) is 32.0 Å². The highest BCUT2D eigenvalue weighted by molar-refractivity contribution is 6.06. The summed E-state index contributed by atoms with van der Waals surface area (Å²) in [6.07, 6.45) is 3.26. The third-order valence-electron chi connectivity index (χ3n) is 3.95. The molecule has 5 heteroatoms. The van der Waals surface area contributed by atoms with Crippen molar-refractivity contribution in [3.8, 4) is 0 Å². The molecule has 0 aromatic heterocycles. The van der Waals surface area contributed by atoms with Crippen molar-refractivity contribution in [3.05, 3.63) is 24.3 Å². The number of hydrogen-bond acceptors (Lipinski definition) is 4. The molecule has 22 heavy (non-hydrogen) atoms. The molecule has 1 fully saturated rings. The summed E-state index contributed by atoms with van der Waals surface area (Å²) in [5.74, 6) is -0.165. The number of nitrogens with one attached hydrogen (secondary N) is 1. The molecule has 2 rings (SSSR count). The van der Waals surface area contributed by atoms with Crippen LogP contribution in [0.3, 0.4) is 0 Å². The van der Waals surface area contributed by atoms with Gasteiger partial charge in [-0.3, -0.25) is 14.5 Å².